The van der Waals surface area contributed by atoms with Crippen LogP contribution in [-0.2, 0) is 17.6 Å². The number of carbonyl (C=O) groups excluding carboxylic acids is 2. The number of hydrogen-bond donors (Lipinski definition) is 1. The summed E-state index contributed by atoms with van der Waals surface area (Å²) >= 11 is 1.59. The van der Waals surface area contributed by atoms with Gasteiger partial charge in [-0.25, -0.2) is 0 Å². The van der Waals surface area contributed by atoms with Crippen LogP contribution >= 0.6 is 11.3 Å². The fourth-order valence-electron chi connectivity index (χ4n) is 3.37. The van der Waals surface area contributed by atoms with Crippen LogP contribution in [0.2, 0.25) is 0 Å². The van der Waals surface area contributed by atoms with Crippen LogP contribution in [-0.4, -0.2) is 36.9 Å². The Kier molecular flexibility index (Phi) is 6.16. The smallest absolute Gasteiger partial charge is 0.264 e. The zero-order valence-electron chi connectivity index (χ0n) is 16.1. The Balaban J connectivity index is 1.65. The third-order valence-electron chi connectivity index (χ3n) is 4.90. The highest BCUT2D eigenvalue weighted by molar-refractivity contribution is 7.14. The number of ether oxygens (including phenoxy) is 1. The van der Waals surface area contributed by atoms with Crippen molar-refractivity contribution in [3.63, 3.8) is 0 Å². The molecule has 6 heteroatoms. The number of nitrogens with zero attached hydrogens (tertiary/aromatic N) is 1. The van der Waals surface area contributed by atoms with Gasteiger partial charge in [0.2, 0.25) is 5.91 Å². The molecule has 0 saturated carbocycles. The molecule has 1 heterocycles. The molecule has 1 aliphatic carbocycles. The standard InChI is InChI=1S/C21H26N2O3S/c1-4-23(13-20(24)22-16-6-5-7-17(12-16)26-3)21(25)19-11-15-10-14(2)8-9-18(15)27-19/h5-7,11-12,14H,4,8-10,13H2,1-3H3,(H,22,24)/t14-/m0/s1. The number of benzene rings is 1. The van der Waals surface area contributed by atoms with E-state index in [0.29, 0.717) is 23.9 Å². The van der Waals surface area contributed by atoms with Crippen molar-refractivity contribution in [2.75, 3.05) is 25.5 Å². The fraction of sp³-hybridized carbons (Fsp3) is 0.429. The summed E-state index contributed by atoms with van der Waals surface area (Å²) in [5.41, 5.74) is 1.96. The van der Waals surface area contributed by atoms with E-state index in [2.05, 4.69) is 12.2 Å². The highest BCUT2D eigenvalue weighted by Gasteiger charge is 2.24. The maximum atomic E-state index is 12.9. The van der Waals surface area contributed by atoms with E-state index in [1.165, 1.54) is 16.9 Å². The van der Waals surface area contributed by atoms with E-state index in [4.69, 9.17) is 4.74 Å². The van der Waals surface area contributed by atoms with Crippen LogP contribution in [0.25, 0.3) is 0 Å². The summed E-state index contributed by atoms with van der Waals surface area (Å²) < 4.78 is 5.17. The van der Waals surface area contributed by atoms with Gasteiger partial charge in [-0.3, -0.25) is 9.59 Å². The van der Waals surface area contributed by atoms with Gasteiger partial charge in [0.25, 0.3) is 5.91 Å². The molecule has 5 nitrogen and oxygen atoms in total. The first-order chi connectivity index (χ1) is 13.0. The number of anilines is 1. The monoisotopic (exact) mass is 386 g/mol. The molecule has 1 aromatic heterocycles. The van der Waals surface area contributed by atoms with E-state index >= 15 is 0 Å². The van der Waals surface area contributed by atoms with Gasteiger partial charge in [-0.2, -0.15) is 0 Å². The summed E-state index contributed by atoms with van der Waals surface area (Å²) in [6.45, 7) is 4.67. The van der Waals surface area contributed by atoms with Gasteiger partial charge >= 0.3 is 0 Å². The van der Waals surface area contributed by atoms with Crippen molar-refractivity contribution >= 4 is 28.8 Å². The first-order valence-corrected chi connectivity index (χ1v) is 10.2. The Morgan fingerprint density at radius 3 is 2.89 bits per heavy atom. The van der Waals surface area contributed by atoms with E-state index in [1.807, 2.05) is 25.1 Å². The summed E-state index contributed by atoms with van der Waals surface area (Å²) in [6, 6.07) is 9.21. The topological polar surface area (TPSA) is 58.6 Å². The average molecular weight is 387 g/mol. The largest absolute Gasteiger partial charge is 0.497 e. The minimum Gasteiger partial charge on any atom is -0.497 e. The molecule has 0 fully saturated rings. The van der Waals surface area contributed by atoms with Gasteiger partial charge in [-0.15, -0.1) is 11.3 Å². The third-order valence-corrected chi connectivity index (χ3v) is 6.12. The highest BCUT2D eigenvalue weighted by Crippen LogP contribution is 2.32. The van der Waals surface area contributed by atoms with Gasteiger partial charge in [0.05, 0.1) is 12.0 Å². The Morgan fingerprint density at radius 1 is 1.33 bits per heavy atom. The van der Waals surface area contributed by atoms with Crippen molar-refractivity contribution in [2.45, 2.75) is 33.1 Å². The lowest BCUT2D eigenvalue weighted by atomic mass is 9.90. The lowest BCUT2D eigenvalue weighted by Crippen LogP contribution is -2.37. The van der Waals surface area contributed by atoms with Crippen molar-refractivity contribution in [3.8, 4) is 5.75 Å². The molecular weight excluding hydrogens is 360 g/mol. The predicted octanol–water partition coefficient (Wildman–Crippen LogP) is 3.98. The Hall–Kier alpha value is -2.34. The summed E-state index contributed by atoms with van der Waals surface area (Å²) in [5.74, 6) is 1.07. The molecule has 144 valence electrons. The molecular formula is C21H26N2O3S. The Morgan fingerprint density at radius 2 is 2.15 bits per heavy atom. The van der Waals surface area contributed by atoms with Crippen molar-refractivity contribution in [3.05, 3.63) is 45.6 Å². The minimum atomic E-state index is -0.214. The summed E-state index contributed by atoms with van der Waals surface area (Å²) in [4.78, 5) is 29.0. The molecule has 0 radical (unpaired) electrons. The first kappa shape index (κ1) is 19.4. The minimum absolute atomic E-state index is 0.0332. The Bertz CT molecular complexity index is 831. The number of carbonyl (C=O) groups is 2. The summed E-state index contributed by atoms with van der Waals surface area (Å²) in [5, 5.41) is 2.83. The molecule has 2 amide bonds. The number of aryl methyl sites for hydroxylation is 1. The Labute approximate surface area is 164 Å². The highest BCUT2D eigenvalue weighted by atomic mass is 32.1. The molecule has 27 heavy (non-hydrogen) atoms. The van der Waals surface area contributed by atoms with Gasteiger partial charge in [0, 0.05) is 23.2 Å². The van der Waals surface area contributed by atoms with E-state index in [1.54, 1.807) is 35.5 Å². The second kappa shape index (κ2) is 8.57. The number of likely N-dealkylation sites (N-methyl/N-ethyl adjacent to an activating group) is 1. The van der Waals surface area contributed by atoms with Crippen LogP contribution < -0.4 is 10.1 Å². The molecule has 2 aromatic rings. The molecule has 3 rings (SSSR count). The predicted molar refractivity (Wildman–Crippen MR) is 109 cm³/mol. The molecule has 1 atom stereocenters. The molecule has 0 bridgehead atoms. The van der Waals surface area contributed by atoms with Crippen LogP contribution in [0.5, 0.6) is 5.75 Å². The van der Waals surface area contributed by atoms with E-state index in [0.717, 1.165) is 17.7 Å². The SMILES string of the molecule is CCN(CC(=O)Nc1cccc(OC)c1)C(=O)c1cc2c(s1)CC[C@H](C)C2. The molecule has 0 aliphatic heterocycles. The number of thiophene rings is 1. The van der Waals surface area contributed by atoms with Crippen molar-refractivity contribution < 1.29 is 14.3 Å². The zero-order chi connectivity index (χ0) is 19.4. The third kappa shape index (κ3) is 4.69. The molecule has 1 aromatic carbocycles. The average Bonchev–Trinajstić information content (AvgIpc) is 3.08. The van der Waals surface area contributed by atoms with Crippen LogP contribution in [0.4, 0.5) is 5.69 Å². The van der Waals surface area contributed by atoms with Crippen LogP contribution in [0, 0.1) is 5.92 Å². The molecule has 0 spiro atoms. The maximum Gasteiger partial charge on any atom is 0.264 e. The maximum absolute atomic E-state index is 12.9. The number of hydrogen-bond acceptors (Lipinski definition) is 4. The van der Waals surface area contributed by atoms with Gasteiger partial charge in [0.1, 0.15) is 12.3 Å². The van der Waals surface area contributed by atoms with Gasteiger partial charge in [0.15, 0.2) is 0 Å². The lowest BCUT2D eigenvalue weighted by molar-refractivity contribution is -0.116. The summed E-state index contributed by atoms with van der Waals surface area (Å²) in [7, 11) is 1.58. The number of fused-ring (bicyclic) bond motifs is 1. The number of nitrogens with one attached hydrogen (secondary N) is 1. The quantitative estimate of drug-likeness (QED) is 0.817. The van der Waals surface area contributed by atoms with Gasteiger partial charge in [-0.05, 0) is 55.9 Å². The van der Waals surface area contributed by atoms with Crippen LogP contribution in [0.15, 0.2) is 30.3 Å². The number of methoxy groups -OCH3 is 1. The van der Waals surface area contributed by atoms with Crippen LogP contribution in [0.3, 0.4) is 0 Å². The molecule has 0 saturated heterocycles. The first-order valence-electron chi connectivity index (χ1n) is 9.35. The second-order valence-electron chi connectivity index (χ2n) is 7.01. The van der Waals surface area contributed by atoms with Gasteiger partial charge in [-0.1, -0.05) is 13.0 Å². The van der Waals surface area contributed by atoms with Gasteiger partial charge < -0.3 is 15.0 Å². The van der Waals surface area contributed by atoms with E-state index in [9.17, 15) is 9.59 Å². The van der Waals surface area contributed by atoms with Crippen molar-refractivity contribution in [1.82, 2.24) is 4.90 Å². The van der Waals surface area contributed by atoms with Crippen molar-refractivity contribution in [2.24, 2.45) is 5.92 Å². The number of amides is 2. The molecule has 0 unspecified atom stereocenters. The van der Waals surface area contributed by atoms with Crippen LogP contribution in [0.1, 0.15) is 40.4 Å². The lowest BCUT2D eigenvalue weighted by Gasteiger charge is -2.19. The molecule has 1 N–H and O–H groups in total. The normalized spacial score (nSPS) is 15.7. The summed E-state index contributed by atoms with van der Waals surface area (Å²) in [6.07, 6.45) is 3.28. The fourth-order valence-corrected chi connectivity index (χ4v) is 4.55. The van der Waals surface area contributed by atoms with Crippen molar-refractivity contribution in [1.29, 1.82) is 0 Å². The zero-order valence-corrected chi connectivity index (χ0v) is 16.9. The van der Waals surface area contributed by atoms with E-state index in [-0.39, 0.29) is 18.4 Å². The number of rotatable bonds is 6. The second-order valence-corrected chi connectivity index (χ2v) is 8.14. The van der Waals surface area contributed by atoms with E-state index < -0.39 is 0 Å². The molecule has 1 aliphatic rings.